The van der Waals surface area contributed by atoms with Crippen molar-refractivity contribution in [2.45, 2.75) is 0 Å². The number of carbonyl (C=O) groups is 1. The quantitative estimate of drug-likeness (QED) is 0.108. The number of aromatic hydroxyl groups is 1. The van der Waals surface area contributed by atoms with Crippen molar-refractivity contribution in [3.8, 4) is 23.3 Å². The van der Waals surface area contributed by atoms with Crippen molar-refractivity contribution in [3.63, 3.8) is 0 Å². The van der Waals surface area contributed by atoms with E-state index in [1.165, 1.54) is 36.4 Å². The summed E-state index contributed by atoms with van der Waals surface area (Å²) >= 11 is 6.59. The fraction of sp³-hybridized carbons (Fsp3) is 0. The van der Waals surface area contributed by atoms with Gasteiger partial charge < -0.3 is 15.2 Å². The molecule has 0 aliphatic carbocycles. The van der Waals surface area contributed by atoms with Crippen LogP contribution < -0.4 is 10.1 Å². The molecular weight excluding hydrogens is 592 g/mol. The summed E-state index contributed by atoms with van der Waals surface area (Å²) in [6.45, 7) is 0. The number of halogens is 2. The first-order chi connectivity index (χ1) is 16.6. The highest BCUT2D eigenvalue weighted by Gasteiger charge is 2.23. The number of amides is 1. The van der Waals surface area contributed by atoms with Crippen molar-refractivity contribution in [2.24, 2.45) is 0 Å². The highest BCUT2D eigenvalue weighted by molar-refractivity contribution is 9.11. The predicted molar refractivity (Wildman–Crippen MR) is 132 cm³/mol. The molecule has 0 atom stereocenters. The average molecular weight is 604 g/mol. The highest BCUT2D eigenvalue weighted by Crippen LogP contribution is 2.41. The molecule has 0 saturated heterocycles. The van der Waals surface area contributed by atoms with Crippen molar-refractivity contribution in [3.05, 3.63) is 94.9 Å². The zero-order valence-corrected chi connectivity index (χ0v) is 20.4. The van der Waals surface area contributed by atoms with Crippen molar-refractivity contribution in [1.29, 1.82) is 5.26 Å². The number of nitrogens with one attached hydrogen (secondary N) is 1. The minimum Gasteiger partial charge on any atom is -0.508 e. The molecule has 35 heavy (non-hydrogen) atoms. The van der Waals surface area contributed by atoms with Crippen molar-refractivity contribution in [1.82, 2.24) is 0 Å². The zero-order valence-electron chi connectivity index (χ0n) is 17.3. The number of hydrogen-bond acceptors (Lipinski definition) is 8. The summed E-state index contributed by atoms with van der Waals surface area (Å²) in [5.74, 6) is -1.01. The van der Waals surface area contributed by atoms with Crippen LogP contribution in [0, 0.1) is 31.6 Å². The third-order valence-electron chi connectivity index (χ3n) is 4.39. The SMILES string of the molecule is N#C/C(=C\c1cc(Br)cc(Br)c1Oc1ccc([N+](=O)[O-])cc1[N+](=O)[O-])C(=O)Nc1ccc(O)cc1. The van der Waals surface area contributed by atoms with Crippen LogP contribution in [0.5, 0.6) is 17.2 Å². The van der Waals surface area contributed by atoms with E-state index in [2.05, 4.69) is 37.2 Å². The lowest BCUT2D eigenvalue weighted by molar-refractivity contribution is -0.394. The second kappa shape index (κ2) is 10.8. The van der Waals surface area contributed by atoms with E-state index in [9.17, 15) is 35.4 Å². The van der Waals surface area contributed by atoms with Crippen LogP contribution >= 0.6 is 31.9 Å². The number of phenolic OH excluding ortho intramolecular Hbond substituents is 1. The molecule has 13 heteroatoms. The Bertz CT molecular complexity index is 1420. The molecule has 0 unspecified atom stereocenters. The lowest BCUT2D eigenvalue weighted by Gasteiger charge is -2.13. The minimum atomic E-state index is -0.823. The average Bonchev–Trinajstić information content (AvgIpc) is 2.80. The van der Waals surface area contributed by atoms with Crippen LogP contribution in [0.25, 0.3) is 6.08 Å². The molecule has 3 aromatic rings. The van der Waals surface area contributed by atoms with Gasteiger partial charge in [0, 0.05) is 21.8 Å². The number of nitro benzene ring substituents is 2. The summed E-state index contributed by atoms with van der Waals surface area (Å²) in [7, 11) is 0. The van der Waals surface area contributed by atoms with Crippen molar-refractivity contribution >= 4 is 60.9 Å². The summed E-state index contributed by atoms with van der Waals surface area (Å²) in [4.78, 5) is 33.5. The lowest BCUT2D eigenvalue weighted by atomic mass is 10.1. The van der Waals surface area contributed by atoms with E-state index in [1.807, 2.05) is 0 Å². The molecule has 11 nitrogen and oxygen atoms in total. The van der Waals surface area contributed by atoms with Gasteiger partial charge in [-0.3, -0.25) is 25.0 Å². The second-order valence-electron chi connectivity index (χ2n) is 6.75. The van der Waals surface area contributed by atoms with Crippen LogP contribution in [0.3, 0.4) is 0 Å². The van der Waals surface area contributed by atoms with Gasteiger partial charge in [0.2, 0.25) is 5.75 Å². The number of nitro groups is 2. The van der Waals surface area contributed by atoms with Gasteiger partial charge in [0.1, 0.15) is 23.1 Å². The summed E-state index contributed by atoms with van der Waals surface area (Å²) in [6.07, 6.45) is 1.22. The van der Waals surface area contributed by atoms with Crippen molar-refractivity contribution < 1.29 is 24.5 Å². The Kier molecular flexibility index (Phi) is 7.80. The molecule has 0 bridgehead atoms. The Hall–Kier alpha value is -4.28. The molecular formula is C22H12Br2N4O7. The van der Waals surface area contributed by atoms with Gasteiger partial charge in [-0.05, 0) is 64.5 Å². The lowest BCUT2D eigenvalue weighted by Crippen LogP contribution is -2.13. The van der Waals surface area contributed by atoms with Crippen LogP contribution in [0.1, 0.15) is 5.56 Å². The summed E-state index contributed by atoms with van der Waals surface area (Å²) in [6, 6.07) is 13.4. The molecule has 0 spiro atoms. The van der Waals surface area contributed by atoms with E-state index in [4.69, 9.17) is 4.74 Å². The van der Waals surface area contributed by atoms with E-state index >= 15 is 0 Å². The largest absolute Gasteiger partial charge is 0.508 e. The van der Waals surface area contributed by atoms with Gasteiger partial charge in [0.15, 0.2) is 0 Å². The third kappa shape index (κ3) is 6.19. The van der Waals surface area contributed by atoms with E-state index in [-0.39, 0.29) is 28.4 Å². The normalized spacial score (nSPS) is 10.8. The fourth-order valence-corrected chi connectivity index (χ4v) is 4.14. The third-order valence-corrected chi connectivity index (χ3v) is 5.44. The first-order valence-corrected chi connectivity index (χ1v) is 11.0. The Labute approximate surface area is 213 Å². The Morgan fingerprint density at radius 1 is 1.06 bits per heavy atom. The van der Waals surface area contributed by atoms with E-state index in [0.29, 0.717) is 14.6 Å². The number of rotatable bonds is 7. The number of anilines is 1. The first-order valence-electron chi connectivity index (χ1n) is 9.41. The standard InChI is InChI=1S/C22H12Br2N4O7/c23-14-8-12(7-13(11-25)22(30)26-15-1-4-17(29)5-2-15)21(18(24)9-14)35-20-6-3-16(27(31)32)10-19(20)28(33)34/h1-10,29H,(H,26,30)/b13-7+. The number of nitriles is 1. The topological polar surface area (TPSA) is 169 Å². The molecule has 0 aliphatic rings. The molecule has 1 amide bonds. The highest BCUT2D eigenvalue weighted by atomic mass is 79.9. The van der Waals surface area contributed by atoms with Gasteiger partial charge in [0.25, 0.3) is 11.6 Å². The smallest absolute Gasteiger partial charge is 0.318 e. The molecule has 0 aromatic heterocycles. The predicted octanol–water partition coefficient (Wildman–Crippen LogP) is 6.07. The van der Waals surface area contributed by atoms with Gasteiger partial charge in [-0.1, -0.05) is 15.9 Å². The van der Waals surface area contributed by atoms with Crippen LogP contribution in [0.4, 0.5) is 17.1 Å². The minimum absolute atomic E-state index is 0.000150. The number of ether oxygens (including phenoxy) is 1. The van der Waals surface area contributed by atoms with Crippen LogP contribution in [0.15, 0.2) is 69.1 Å². The van der Waals surface area contributed by atoms with Gasteiger partial charge >= 0.3 is 5.69 Å². The number of carbonyl (C=O) groups excluding carboxylic acids is 1. The van der Waals surface area contributed by atoms with E-state index < -0.39 is 27.1 Å². The maximum absolute atomic E-state index is 12.6. The Morgan fingerprint density at radius 2 is 1.74 bits per heavy atom. The van der Waals surface area contributed by atoms with Crippen molar-refractivity contribution in [2.75, 3.05) is 5.32 Å². The number of nitrogens with zero attached hydrogens (tertiary/aromatic N) is 3. The van der Waals surface area contributed by atoms with E-state index in [0.717, 1.165) is 18.2 Å². The molecule has 0 aliphatic heterocycles. The molecule has 0 saturated carbocycles. The number of non-ortho nitro benzene ring substituents is 1. The molecule has 3 rings (SSSR count). The Morgan fingerprint density at radius 3 is 2.34 bits per heavy atom. The first kappa shape index (κ1) is 25.3. The second-order valence-corrected chi connectivity index (χ2v) is 8.52. The van der Waals surface area contributed by atoms with Crippen LogP contribution in [-0.4, -0.2) is 20.9 Å². The number of phenols is 1. The fourth-order valence-electron chi connectivity index (χ4n) is 2.80. The van der Waals surface area contributed by atoms with Gasteiger partial charge in [0.05, 0.1) is 20.4 Å². The molecule has 176 valence electrons. The molecule has 2 N–H and O–H groups in total. The molecule has 0 radical (unpaired) electrons. The Balaban J connectivity index is 2.03. The molecule has 3 aromatic carbocycles. The maximum atomic E-state index is 12.6. The van der Waals surface area contributed by atoms with Crippen LogP contribution in [0.2, 0.25) is 0 Å². The maximum Gasteiger partial charge on any atom is 0.318 e. The summed E-state index contributed by atoms with van der Waals surface area (Å²) in [5, 5.41) is 43.9. The summed E-state index contributed by atoms with van der Waals surface area (Å²) in [5.41, 5.74) is -0.906. The summed E-state index contributed by atoms with van der Waals surface area (Å²) < 4.78 is 6.59. The molecule has 0 fully saturated rings. The zero-order chi connectivity index (χ0) is 25.7. The van der Waals surface area contributed by atoms with Crippen LogP contribution in [-0.2, 0) is 4.79 Å². The van der Waals surface area contributed by atoms with Gasteiger partial charge in [-0.25, -0.2) is 0 Å². The molecule has 0 heterocycles. The number of benzene rings is 3. The van der Waals surface area contributed by atoms with Gasteiger partial charge in [-0.2, -0.15) is 5.26 Å². The number of hydrogen-bond donors (Lipinski definition) is 2. The van der Waals surface area contributed by atoms with E-state index in [1.54, 1.807) is 12.1 Å². The van der Waals surface area contributed by atoms with Gasteiger partial charge in [-0.15, -0.1) is 0 Å². The monoisotopic (exact) mass is 602 g/mol.